The molecule has 2 nitrogen and oxygen atoms in total. The molecule has 0 radical (unpaired) electrons. The summed E-state index contributed by atoms with van der Waals surface area (Å²) in [5.74, 6) is -0.147. The summed E-state index contributed by atoms with van der Waals surface area (Å²) >= 11 is 0. The minimum Gasteiger partial charge on any atom is -0.461 e. The molecule has 0 saturated carbocycles. The Labute approximate surface area is 91.2 Å². The van der Waals surface area contributed by atoms with Gasteiger partial charge in [-0.1, -0.05) is 0 Å². The first-order chi connectivity index (χ1) is 7.74. The largest absolute Gasteiger partial charge is 0.461 e. The van der Waals surface area contributed by atoms with Crippen LogP contribution in [-0.4, -0.2) is 13.1 Å². The molecule has 16 heavy (non-hydrogen) atoms. The first kappa shape index (κ1) is 9.78. The second-order valence-electron chi connectivity index (χ2n) is 4.14. The number of halogens is 2. The first-order valence-electron chi connectivity index (χ1n) is 5.33. The molecule has 1 saturated heterocycles. The molecule has 84 valence electrons. The molecule has 0 bridgehead atoms. The van der Waals surface area contributed by atoms with E-state index in [1.807, 2.05) is 0 Å². The number of hydrogen-bond donors (Lipinski definition) is 1. The molecule has 0 spiro atoms. The Balaban J connectivity index is 2.11. The Morgan fingerprint density at radius 3 is 2.88 bits per heavy atom. The molecule has 4 heteroatoms. The lowest BCUT2D eigenvalue weighted by Gasteiger charge is -2.01. The summed E-state index contributed by atoms with van der Waals surface area (Å²) < 4.78 is 31.9. The van der Waals surface area contributed by atoms with Crippen molar-refractivity contribution in [2.24, 2.45) is 0 Å². The SMILES string of the molecule is Fc1cc(F)c2cc(C3CCNC3)oc2c1. The number of benzene rings is 1. The van der Waals surface area contributed by atoms with Crippen LogP contribution in [0.4, 0.5) is 8.78 Å². The van der Waals surface area contributed by atoms with Crippen molar-refractivity contribution in [2.45, 2.75) is 12.3 Å². The third kappa shape index (κ3) is 1.50. The van der Waals surface area contributed by atoms with Gasteiger partial charge in [-0.25, -0.2) is 8.78 Å². The lowest BCUT2D eigenvalue weighted by Crippen LogP contribution is -2.07. The highest BCUT2D eigenvalue weighted by Crippen LogP contribution is 2.30. The molecule has 0 aliphatic carbocycles. The van der Waals surface area contributed by atoms with E-state index in [2.05, 4.69) is 5.32 Å². The molecular formula is C12H11F2NO. The highest BCUT2D eigenvalue weighted by atomic mass is 19.1. The van der Waals surface area contributed by atoms with Gasteiger partial charge in [0.1, 0.15) is 23.0 Å². The molecule has 1 aromatic carbocycles. The van der Waals surface area contributed by atoms with E-state index in [9.17, 15) is 8.78 Å². The van der Waals surface area contributed by atoms with Crippen LogP contribution < -0.4 is 5.32 Å². The standard InChI is InChI=1S/C12H11F2NO/c13-8-3-10(14)9-5-11(16-12(9)4-8)7-1-2-15-6-7/h3-5,7,15H,1-2,6H2. The van der Waals surface area contributed by atoms with Gasteiger partial charge in [-0.3, -0.25) is 0 Å². The maximum atomic E-state index is 13.4. The Bertz CT molecular complexity index is 529. The summed E-state index contributed by atoms with van der Waals surface area (Å²) in [6, 6.07) is 3.79. The lowest BCUT2D eigenvalue weighted by atomic mass is 10.1. The minimum absolute atomic E-state index is 0.273. The zero-order chi connectivity index (χ0) is 11.1. The van der Waals surface area contributed by atoms with Crippen molar-refractivity contribution in [2.75, 3.05) is 13.1 Å². The van der Waals surface area contributed by atoms with Crippen LogP contribution in [-0.2, 0) is 0 Å². The van der Waals surface area contributed by atoms with E-state index in [4.69, 9.17) is 4.42 Å². The van der Waals surface area contributed by atoms with Crippen molar-refractivity contribution in [1.29, 1.82) is 0 Å². The lowest BCUT2D eigenvalue weighted by molar-refractivity contribution is 0.502. The third-order valence-corrected chi connectivity index (χ3v) is 3.03. The van der Waals surface area contributed by atoms with Gasteiger partial charge in [-0.15, -0.1) is 0 Å². The van der Waals surface area contributed by atoms with Gasteiger partial charge in [0.05, 0.1) is 5.39 Å². The normalized spacial score (nSPS) is 20.8. The molecule has 2 aromatic rings. The molecular weight excluding hydrogens is 212 g/mol. The molecule has 1 atom stereocenters. The molecule has 1 aromatic heterocycles. The van der Waals surface area contributed by atoms with E-state index in [-0.39, 0.29) is 5.92 Å². The summed E-state index contributed by atoms with van der Waals surface area (Å²) in [5.41, 5.74) is 0.291. The van der Waals surface area contributed by atoms with Crippen LogP contribution in [0.3, 0.4) is 0 Å². The molecule has 1 aliphatic heterocycles. The van der Waals surface area contributed by atoms with Crippen LogP contribution >= 0.6 is 0 Å². The smallest absolute Gasteiger partial charge is 0.140 e. The first-order valence-corrected chi connectivity index (χ1v) is 5.33. The second-order valence-corrected chi connectivity index (χ2v) is 4.14. The minimum atomic E-state index is -0.601. The van der Waals surface area contributed by atoms with Gasteiger partial charge in [0, 0.05) is 24.6 Å². The van der Waals surface area contributed by atoms with Gasteiger partial charge >= 0.3 is 0 Å². The number of rotatable bonds is 1. The fourth-order valence-corrected chi connectivity index (χ4v) is 2.18. The highest BCUT2D eigenvalue weighted by molar-refractivity contribution is 5.78. The molecule has 3 rings (SSSR count). The van der Waals surface area contributed by atoms with Crippen molar-refractivity contribution >= 4 is 11.0 Å². The average Bonchev–Trinajstić information content (AvgIpc) is 2.82. The van der Waals surface area contributed by atoms with E-state index in [1.54, 1.807) is 6.07 Å². The Kier molecular flexibility index (Phi) is 2.17. The Morgan fingerprint density at radius 1 is 1.25 bits per heavy atom. The van der Waals surface area contributed by atoms with Crippen molar-refractivity contribution in [3.63, 3.8) is 0 Å². The van der Waals surface area contributed by atoms with Crippen LogP contribution in [0.15, 0.2) is 22.6 Å². The molecule has 1 fully saturated rings. The van der Waals surface area contributed by atoms with Crippen LogP contribution in [0.5, 0.6) is 0 Å². The van der Waals surface area contributed by atoms with Gasteiger partial charge in [0.15, 0.2) is 0 Å². The summed E-state index contributed by atoms with van der Waals surface area (Å²) in [7, 11) is 0. The predicted molar refractivity (Wildman–Crippen MR) is 56.4 cm³/mol. The van der Waals surface area contributed by atoms with E-state index in [0.29, 0.717) is 11.0 Å². The maximum absolute atomic E-state index is 13.4. The monoisotopic (exact) mass is 223 g/mol. The summed E-state index contributed by atoms with van der Waals surface area (Å²) in [6.45, 7) is 1.78. The zero-order valence-corrected chi connectivity index (χ0v) is 8.59. The van der Waals surface area contributed by atoms with E-state index >= 15 is 0 Å². The van der Waals surface area contributed by atoms with Gasteiger partial charge in [-0.05, 0) is 19.0 Å². The number of hydrogen-bond acceptors (Lipinski definition) is 2. The van der Waals surface area contributed by atoms with E-state index in [1.165, 1.54) is 6.07 Å². The van der Waals surface area contributed by atoms with Crippen molar-refractivity contribution < 1.29 is 13.2 Å². The Hall–Kier alpha value is -1.42. The van der Waals surface area contributed by atoms with E-state index < -0.39 is 11.6 Å². The van der Waals surface area contributed by atoms with Gasteiger partial charge < -0.3 is 9.73 Å². The molecule has 1 aliphatic rings. The quantitative estimate of drug-likeness (QED) is 0.804. The number of nitrogens with one attached hydrogen (secondary N) is 1. The average molecular weight is 223 g/mol. The summed E-state index contributed by atoms with van der Waals surface area (Å²) in [4.78, 5) is 0. The maximum Gasteiger partial charge on any atom is 0.140 e. The zero-order valence-electron chi connectivity index (χ0n) is 8.59. The molecule has 1 N–H and O–H groups in total. The summed E-state index contributed by atoms with van der Waals surface area (Å²) in [5, 5.41) is 3.58. The molecule has 2 heterocycles. The number of fused-ring (bicyclic) bond motifs is 1. The van der Waals surface area contributed by atoms with E-state index in [0.717, 1.165) is 31.3 Å². The number of furan rings is 1. The Morgan fingerprint density at radius 2 is 2.12 bits per heavy atom. The third-order valence-electron chi connectivity index (χ3n) is 3.03. The fourth-order valence-electron chi connectivity index (χ4n) is 2.18. The topological polar surface area (TPSA) is 25.2 Å². The fraction of sp³-hybridized carbons (Fsp3) is 0.333. The van der Waals surface area contributed by atoms with Gasteiger partial charge in [-0.2, -0.15) is 0 Å². The second kappa shape index (κ2) is 3.56. The highest BCUT2D eigenvalue weighted by Gasteiger charge is 2.21. The summed E-state index contributed by atoms with van der Waals surface area (Å²) in [6.07, 6.45) is 0.976. The van der Waals surface area contributed by atoms with Gasteiger partial charge in [0.25, 0.3) is 0 Å². The van der Waals surface area contributed by atoms with Crippen molar-refractivity contribution in [1.82, 2.24) is 5.32 Å². The molecule has 0 amide bonds. The van der Waals surface area contributed by atoms with Crippen LogP contribution in [0.25, 0.3) is 11.0 Å². The molecule has 1 unspecified atom stereocenters. The van der Waals surface area contributed by atoms with Crippen LogP contribution in [0.1, 0.15) is 18.1 Å². The van der Waals surface area contributed by atoms with Crippen molar-refractivity contribution in [3.8, 4) is 0 Å². The van der Waals surface area contributed by atoms with Crippen LogP contribution in [0, 0.1) is 11.6 Å². The van der Waals surface area contributed by atoms with Crippen LogP contribution in [0.2, 0.25) is 0 Å². The van der Waals surface area contributed by atoms with Gasteiger partial charge in [0.2, 0.25) is 0 Å². The predicted octanol–water partition coefficient (Wildman–Crippen LogP) is 2.79. The van der Waals surface area contributed by atoms with Crippen molar-refractivity contribution in [3.05, 3.63) is 35.6 Å².